The fourth-order valence-electron chi connectivity index (χ4n) is 3.86. The normalized spacial score (nSPS) is 21.0. The van der Waals surface area contributed by atoms with Crippen LogP contribution in [0.4, 0.5) is 0 Å². The Labute approximate surface area is 151 Å². The number of rotatable bonds is 3. The smallest absolute Gasteiger partial charge is 0.255 e. The lowest BCUT2D eigenvalue weighted by molar-refractivity contribution is -0.229. The van der Waals surface area contributed by atoms with Gasteiger partial charge in [0, 0.05) is 25.0 Å². The first-order valence-electron chi connectivity index (χ1n) is 9.06. The molecule has 8 heteroatoms. The highest BCUT2D eigenvalue weighted by molar-refractivity contribution is 6.04. The van der Waals surface area contributed by atoms with Gasteiger partial charge in [-0.2, -0.15) is 0 Å². The van der Waals surface area contributed by atoms with E-state index in [-0.39, 0.29) is 18.0 Å². The fraction of sp³-hybridized carbons (Fsp3) is 0.500. The number of aromatic amines is 1. The highest BCUT2D eigenvalue weighted by atomic mass is 16.6. The van der Waals surface area contributed by atoms with Crippen LogP contribution >= 0.6 is 0 Å². The predicted molar refractivity (Wildman–Crippen MR) is 96.1 cm³/mol. The van der Waals surface area contributed by atoms with Crippen LogP contribution in [-0.4, -0.2) is 49.3 Å². The maximum Gasteiger partial charge on any atom is 0.255 e. The monoisotopic (exact) mass is 356 g/mol. The summed E-state index contributed by atoms with van der Waals surface area (Å²) in [7, 11) is 1.87. The van der Waals surface area contributed by atoms with Crippen molar-refractivity contribution in [2.75, 3.05) is 7.05 Å². The van der Waals surface area contributed by atoms with Crippen molar-refractivity contribution in [3.63, 3.8) is 0 Å². The van der Waals surface area contributed by atoms with E-state index >= 15 is 0 Å². The lowest BCUT2D eigenvalue weighted by atomic mass is 9.91. The highest BCUT2D eigenvalue weighted by Gasteiger charge is 2.39. The zero-order valence-corrected chi connectivity index (χ0v) is 15.3. The average Bonchev–Trinajstić information content (AvgIpc) is 3.14. The van der Waals surface area contributed by atoms with Crippen molar-refractivity contribution in [2.45, 2.75) is 51.6 Å². The number of nitrogens with one attached hydrogen (secondary N) is 2. The molecule has 0 bridgehead atoms. The van der Waals surface area contributed by atoms with Crippen molar-refractivity contribution in [1.29, 1.82) is 0 Å². The van der Waals surface area contributed by atoms with Crippen LogP contribution in [0.2, 0.25) is 0 Å². The molecule has 1 amide bonds. The number of allylic oxidation sites excluding steroid dienone is 1. The average molecular weight is 356 g/mol. The molecular weight excluding hydrogens is 332 g/mol. The van der Waals surface area contributed by atoms with Crippen LogP contribution in [0.25, 0.3) is 11.2 Å². The fourth-order valence-corrected chi connectivity index (χ4v) is 3.86. The molecule has 26 heavy (non-hydrogen) atoms. The summed E-state index contributed by atoms with van der Waals surface area (Å²) in [5, 5.41) is 16.5. The van der Waals surface area contributed by atoms with E-state index in [4.69, 9.17) is 4.98 Å². The minimum atomic E-state index is -0.344. The number of carbonyl (C=O) groups excluding carboxylic acids is 1. The summed E-state index contributed by atoms with van der Waals surface area (Å²) in [6.45, 7) is 3.83. The molecule has 0 saturated carbocycles. The van der Waals surface area contributed by atoms with Crippen molar-refractivity contribution in [2.24, 2.45) is 0 Å². The quantitative estimate of drug-likeness (QED) is 0.782. The van der Waals surface area contributed by atoms with Gasteiger partial charge in [-0.05, 0) is 45.1 Å². The molecule has 1 atom stereocenters. The largest absolute Gasteiger partial charge is 0.350 e. The number of hydrogen-bond acceptors (Lipinski definition) is 6. The van der Waals surface area contributed by atoms with Crippen LogP contribution in [-0.2, 0) is 0 Å². The molecule has 3 N–H and O–H groups in total. The minimum absolute atomic E-state index is 0.0370. The summed E-state index contributed by atoms with van der Waals surface area (Å²) in [5.41, 5.74) is 4.57. The molecule has 0 aromatic carbocycles. The molecule has 3 heterocycles. The summed E-state index contributed by atoms with van der Waals surface area (Å²) < 4.78 is 0. The molecule has 2 aromatic rings. The summed E-state index contributed by atoms with van der Waals surface area (Å²) in [4.78, 5) is 24.6. The minimum Gasteiger partial charge on any atom is -0.350 e. The van der Waals surface area contributed by atoms with Gasteiger partial charge in [-0.15, -0.1) is 0 Å². The lowest BCUT2D eigenvalue weighted by Crippen LogP contribution is -2.33. The topological polar surface area (TPSA) is 97.4 Å². The molecule has 0 spiro atoms. The van der Waals surface area contributed by atoms with Crippen LogP contribution in [0.1, 0.15) is 61.6 Å². The molecule has 138 valence electrons. The maximum atomic E-state index is 12.4. The molecule has 8 nitrogen and oxygen atoms in total. The summed E-state index contributed by atoms with van der Waals surface area (Å²) >= 11 is 0. The van der Waals surface area contributed by atoms with E-state index in [0.29, 0.717) is 22.4 Å². The number of aromatic nitrogens is 3. The number of fused-ring (bicyclic) bond motifs is 1. The van der Waals surface area contributed by atoms with E-state index in [1.54, 1.807) is 17.4 Å². The number of hydroxylamine groups is 1. The molecule has 1 aliphatic carbocycles. The van der Waals surface area contributed by atoms with Crippen LogP contribution in [0.15, 0.2) is 23.7 Å². The number of amides is 1. The van der Waals surface area contributed by atoms with Gasteiger partial charge in [0.1, 0.15) is 11.6 Å². The number of carbonyl (C=O) groups is 1. The maximum absolute atomic E-state index is 12.4. The molecule has 4 rings (SSSR count). The zero-order chi connectivity index (χ0) is 18.4. The summed E-state index contributed by atoms with van der Waals surface area (Å²) in [6.07, 6.45) is 7.45. The van der Waals surface area contributed by atoms with Gasteiger partial charge in [0.15, 0.2) is 5.65 Å². The summed E-state index contributed by atoms with van der Waals surface area (Å²) in [6, 6.07) is -0.307. The van der Waals surface area contributed by atoms with Crippen molar-refractivity contribution in [1.82, 2.24) is 30.4 Å². The molecule has 0 unspecified atom stereocenters. The molecular formula is C18H24N6O2. The van der Waals surface area contributed by atoms with Gasteiger partial charge in [-0.1, -0.05) is 5.17 Å². The van der Waals surface area contributed by atoms with Crippen LogP contribution < -0.4 is 5.32 Å². The van der Waals surface area contributed by atoms with Crippen LogP contribution in [0, 0.1) is 0 Å². The van der Waals surface area contributed by atoms with Crippen LogP contribution in [0.3, 0.4) is 0 Å². The van der Waals surface area contributed by atoms with Gasteiger partial charge in [-0.3, -0.25) is 15.0 Å². The first kappa shape index (κ1) is 17.0. The van der Waals surface area contributed by atoms with Gasteiger partial charge >= 0.3 is 0 Å². The molecule has 0 fully saturated rings. The Hall–Kier alpha value is -2.45. The first-order chi connectivity index (χ1) is 12.5. The van der Waals surface area contributed by atoms with Gasteiger partial charge in [0.25, 0.3) is 5.91 Å². The molecule has 0 saturated heterocycles. The number of hydrogen-bond donors (Lipinski definition) is 3. The summed E-state index contributed by atoms with van der Waals surface area (Å²) in [5.74, 6) is -0.181. The van der Waals surface area contributed by atoms with E-state index in [9.17, 15) is 10.0 Å². The van der Waals surface area contributed by atoms with Crippen molar-refractivity contribution >= 4 is 17.1 Å². The Bertz CT molecular complexity index is 887. The molecule has 1 aliphatic heterocycles. The third-order valence-electron chi connectivity index (χ3n) is 5.08. The lowest BCUT2D eigenvalue weighted by Gasteiger charge is -2.26. The van der Waals surface area contributed by atoms with E-state index < -0.39 is 0 Å². The highest BCUT2D eigenvalue weighted by Crippen LogP contribution is 2.44. The van der Waals surface area contributed by atoms with Crippen molar-refractivity contribution in [3.8, 4) is 0 Å². The molecule has 2 aromatic heterocycles. The third kappa shape index (κ3) is 2.65. The van der Waals surface area contributed by atoms with Gasteiger partial charge in [0.05, 0.1) is 17.5 Å². The Morgan fingerprint density at radius 2 is 2.15 bits per heavy atom. The SMILES string of the molecule is CC(C)NC(=O)c1c[nH]c2ncc([C@H]3C4=C(CCCC4)N(C)N3O)nc12. The van der Waals surface area contributed by atoms with E-state index in [2.05, 4.69) is 15.3 Å². The second-order valence-corrected chi connectivity index (χ2v) is 7.25. The van der Waals surface area contributed by atoms with Gasteiger partial charge in [0.2, 0.25) is 0 Å². The number of hydrazine groups is 1. The van der Waals surface area contributed by atoms with Crippen LogP contribution in [0.5, 0.6) is 0 Å². The predicted octanol–water partition coefficient (Wildman–Crippen LogP) is 2.52. The van der Waals surface area contributed by atoms with E-state index in [1.165, 1.54) is 10.7 Å². The Kier molecular flexibility index (Phi) is 4.16. The van der Waals surface area contributed by atoms with Gasteiger partial charge < -0.3 is 10.3 Å². The second-order valence-electron chi connectivity index (χ2n) is 7.25. The first-order valence-corrected chi connectivity index (χ1v) is 9.06. The molecule has 2 aliphatic rings. The Morgan fingerprint density at radius 3 is 2.92 bits per heavy atom. The standard InChI is InChI=1S/C18H24N6O2/c1-10(2)21-18(25)12-8-19-17-15(12)22-13(9-20-17)16-11-6-4-5-7-14(11)23(3)24(16)26/h8-10,16,26H,4-7H2,1-3H3,(H,19,20)(H,21,25)/t16-/m1/s1. The third-order valence-corrected chi connectivity index (χ3v) is 5.08. The molecule has 0 radical (unpaired) electrons. The van der Waals surface area contributed by atoms with Crippen molar-refractivity contribution < 1.29 is 10.0 Å². The number of nitrogens with zero attached hydrogens (tertiary/aromatic N) is 4. The van der Waals surface area contributed by atoms with E-state index in [1.807, 2.05) is 20.9 Å². The number of H-pyrrole nitrogens is 1. The van der Waals surface area contributed by atoms with Gasteiger partial charge in [-0.25, -0.2) is 9.97 Å². The zero-order valence-electron chi connectivity index (χ0n) is 15.3. The Balaban J connectivity index is 1.75. The van der Waals surface area contributed by atoms with E-state index in [0.717, 1.165) is 31.4 Å². The second kappa shape index (κ2) is 6.37. The Morgan fingerprint density at radius 1 is 1.38 bits per heavy atom. The van der Waals surface area contributed by atoms with Crippen molar-refractivity contribution in [3.05, 3.63) is 34.9 Å².